The lowest BCUT2D eigenvalue weighted by atomic mass is 9.95. The molecule has 1 aromatic carbocycles. The van der Waals surface area contributed by atoms with E-state index in [0.717, 1.165) is 12.1 Å². The van der Waals surface area contributed by atoms with Crippen LogP contribution in [0.2, 0.25) is 0 Å². The fourth-order valence-electron chi connectivity index (χ4n) is 2.94. The third-order valence-electron chi connectivity index (χ3n) is 4.20. The number of benzene rings is 1. The number of likely N-dealkylation sites (tertiary alicyclic amines) is 1. The van der Waals surface area contributed by atoms with Crippen LogP contribution in [0.15, 0.2) is 24.3 Å². The molecule has 0 aliphatic carbocycles. The first-order chi connectivity index (χ1) is 11.8. The Labute approximate surface area is 150 Å². The Morgan fingerprint density at radius 2 is 1.92 bits per heavy atom. The first-order valence-electron chi connectivity index (χ1n) is 8.04. The lowest BCUT2D eigenvalue weighted by Gasteiger charge is -2.30. The van der Waals surface area contributed by atoms with E-state index in [1.165, 1.54) is 47.4 Å². The van der Waals surface area contributed by atoms with Crippen LogP contribution in [0.4, 0.5) is 5.69 Å². The van der Waals surface area contributed by atoms with Gasteiger partial charge in [0.1, 0.15) is 0 Å². The quantitative estimate of drug-likeness (QED) is 0.475. The van der Waals surface area contributed by atoms with Crippen LogP contribution in [0.3, 0.4) is 0 Å². The topological polar surface area (TPSA) is 110 Å². The van der Waals surface area contributed by atoms with Crippen LogP contribution in [0, 0.1) is 0 Å². The van der Waals surface area contributed by atoms with Crippen molar-refractivity contribution in [1.29, 1.82) is 0 Å². The van der Waals surface area contributed by atoms with Gasteiger partial charge in [0.15, 0.2) is 0 Å². The van der Waals surface area contributed by atoms with E-state index in [2.05, 4.69) is 35.3 Å². The Morgan fingerprint density at radius 1 is 1.28 bits per heavy atom. The van der Waals surface area contributed by atoms with E-state index in [1.807, 2.05) is 17.4 Å². The van der Waals surface area contributed by atoms with Gasteiger partial charge in [-0.25, -0.2) is 4.57 Å². The van der Waals surface area contributed by atoms with Crippen LogP contribution in [-0.4, -0.2) is 45.6 Å². The summed E-state index contributed by atoms with van der Waals surface area (Å²) in [6, 6.07) is 8.46. The molecule has 0 saturated carbocycles. The summed E-state index contributed by atoms with van der Waals surface area (Å²) in [6.45, 7) is 5.84. The summed E-state index contributed by atoms with van der Waals surface area (Å²) in [4.78, 5) is 36.1. The number of amides is 1. The molecule has 2 heterocycles. The largest absolute Gasteiger partial charge is 0.466 e. The third kappa shape index (κ3) is 6.51. The summed E-state index contributed by atoms with van der Waals surface area (Å²) >= 11 is 1.88. The molecule has 0 atom stereocenters. The molecule has 2 aromatic rings. The van der Waals surface area contributed by atoms with Crippen LogP contribution in [-0.2, 0) is 9.36 Å². The van der Waals surface area contributed by atoms with E-state index in [4.69, 9.17) is 19.2 Å². The Hall–Kier alpha value is -1.28. The maximum atomic E-state index is 10.5. The SMILES string of the molecule is CCN1CCC(c2cc3ccc(NC=O)cc3s2)CC1.O=P(O)(O)O. The monoisotopic (exact) mass is 386 g/mol. The second-order valence-electron chi connectivity index (χ2n) is 5.89. The number of piperidine rings is 1. The molecule has 9 heteroatoms. The van der Waals surface area contributed by atoms with Crippen LogP contribution < -0.4 is 5.32 Å². The zero-order chi connectivity index (χ0) is 18.4. The molecule has 138 valence electrons. The molecular formula is C16H23N2O5PS. The van der Waals surface area contributed by atoms with E-state index in [-0.39, 0.29) is 0 Å². The van der Waals surface area contributed by atoms with E-state index in [0.29, 0.717) is 5.92 Å². The van der Waals surface area contributed by atoms with Crippen LogP contribution >= 0.6 is 19.2 Å². The average molecular weight is 386 g/mol. The van der Waals surface area contributed by atoms with E-state index in [1.54, 1.807) is 0 Å². The molecule has 0 unspecified atom stereocenters. The van der Waals surface area contributed by atoms with Crippen molar-refractivity contribution >= 4 is 41.3 Å². The summed E-state index contributed by atoms with van der Waals surface area (Å²) in [5, 5.41) is 4.01. The van der Waals surface area contributed by atoms with Gasteiger partial charge in [0.2, 0.25) is 6.41 Å². The zero-order valence-electron chi connectivity index (χ0n) is 14.0. The van der Waals surface area contributed by atoms with Gasteiger partial charge in [0.25, 0.3) is 0 Å². The molecule has 0 radical (unpaired) electrons. The van der Waals surface area contributed by atoms with Crippen molar-refractivity contribution in [3.8, 4) is 0 Å². The van der Waals surface area contributed by atoms with Crippen LogP contribution in [0.1, 0.15) is 30.6 Å². The van der Waals surface area contributed by atoms with E-state index in [9.17, 15) is 4.79 Å². The molecule has 1 amide bonds. The van der Waals surface area contributed by atoms with Gasteiger partial charge in [0.05, 0.1) is 0 Å². The standard InChI is InChI=1S/C16H20N2OS.H3O4P/c1-2-18-7-5-12(6-8-18)15-9-13-3-4-14(17-11-19)10-16(13)20-15;1-5(2,3)4/h3-4,9-12H,2,5-8H2,1H3,(H,17,19);(H3,1,2,3,4). The van der Waals surface area contributed by atoms with Gasteiger partial charge in [0, 0.05) is 15.3 Å². The zero-order valence-corrected chi connectivity index (χ0v) is 15.7. The van der Waals surface area contributed by atoms with Crippen molar-refractivity contribution in [3.63, 3.8) is 0 Å². The highest BCUT2D eigenvalue weighted by molar-refractivity contribution is 7.45. The molecule has 1 aliphatic heterocycles. The summed E-state index contributed by atoms with van der Waals surface area (Å²) < 4.78 is 10.2. The number of thiophene rings is 1. The lowest BCUT2D eigenvalue weighted by Crippen LogP contribution is -2.32. The number of phosphoric acid groups is 1. The number of carbonyl (C=O) groups is 1. The predicted octanol–water partition coefficient (Wildman–Crippen LogP) is 2.74. The highest BCUT2D eigenvalue weighted by Gasteiger charge is 2.21. The van der Waals surface area contributed by atoms with Gasteiger partial charge < -0.3 is 24.9 Å². The minimum Gasteiger partial charge on any atom is -0.329 e. The van der Waals surface area contributed by atoms with Gasteiger partial charge in [-0.3, -0.25) is 4.79 Å². The fourth-order valence-corrected chi connectivity index (χ4v) is 4.22. The summed E-state index contributed by atoms with van der Waals surface area (Å²) in [7, 11) is -4.64. The molecule has 1 fully saturated rings. The van der Waals surface area contributed by atoms with Gasteiger partial charge in [-0.05, 0) is 62.0 Å². The molecule has 1 aliphatic rings. The number of anilines is 1. The average Bonchev–Trinajstić information content (AvgIpc) is 2.97. The van der Waals surface area contributed by atoms with E-state index >= 15 is 0 Å². The maximum absolute atomic E-state index is 10.5. The first kappa shape index (κ1) is 20.0. The maximum Gasteiger partial charge on any atom is 0.466 e. The van der Waals surface area contributed by atoms with Gasteiger partial charge in [-0.15, -0.1) is 11.3 Å². The molecule has 0 spiro atoms. The molecule has 4 N–H and O–H groups in total. The number of hydrogen-bond donors (Lipinski definition) is 4. The smallest absolute Gasteiger partial charge is 0.329 e. The normalized spacial score (nSPS) is 16.3. The molecule has 0 bridgehead atoms. The highest BCUT2D eigenvalue weighted by atomic mass is 32.1. The lowest BCUT2D eigenvalue weighted by molar-refractivity contribution is -0.105. The Morgan fingerprint density at radius 3 is 2.48 bits per heavy atom. The number of nitrogens with one attached hydrogen (secondary N) is 1. The highest BCUT2D eigenvalue weighted by Crippen LogP contribution is 2.37. The molecule has 1 saturated heterocycles. The fraction of sp³-hybridized carbons (Fsp3) is 0.438. The molecule has 25 heavy (non-hydrogen) atoms. The van der Waals surface area contributed by atoms with Gasteiger partial charge in [-0.2, -0.15) is 0 Å². The van der Waals surface area contributed by atoms with Crippen molar-refractivity contribution < 1.29 is 24.0 Å². The van der Waals surface area contributed by atoms with Crippen molar-refractivity contribution in [1.82, 2.24) is 4.90 Å². The van der Waals surface area contributed by atoms with Crippen molar-refractivity contribution in [2.45, 2.75) is 25.7 Å². The van der Waals surface area contributed by atoms with Crippen LogP contribution in [0.25, 0.3) is 10.1 Å². The summed E-state index contributed by atoms with van der Waals surface area (Å²) in [5.74, 6) is 0.706. The minimum atomic E-state index is -4.64. The Bertz CT molecular complexity index is 744. The third-order valence-corrected chi connectivity index (χ3v) is 5.46. The first-order valence-corrected chi connectivity index (χ1v) is 10.4. The van der Waals surface area contributed by atoms with Crippen molar-refractivity contribution in [2.24, 2.45) is 0 Å². The van der Waals surface area contributed by atoms with E-state index < -0.39 is 7.82 Å². The summed E-state index contributed by atoms with van der Waals surface area (Å²) in [6.07, 6.45) is 3.26. The number of hydrogen-bond acceptors (Lipinski definition) is 4. The predicted molar refractivity (Wildman–Crippen MR) is 99.9 cm³/mol. The van der Waals surface area contributed by atoms with Gasteiger partial charge >= 0.3 is 7.82 Å². The Kier molecular flexibility index (Phi) is 7.13. The second kappa shape index (κ2) is 8.89. The number of rotatable bonds is 4. The number of carbonyl (C=O) groups excluding carboxylic acids is 1. The number of nitrogens with zero attached hydrogens (tertiary/aromatic N) is 1. The number of fused-ring (bicyclic) bond motifs is 1. The molecule has 1 aromatic heterocycles. The second-order valence-corrected chi connectivity index (χ2v) is 8.03. The molecule has 7 nitrogen and oxygen atoms in total. The Balaban J connectivity index is 0.000000399. The van der Waals surface area contributed by atoms with Gasteiger partial charge in [-0.1, -0.05) is 13.0 Å². The minimum absolute atomic E-state index is 0.706. The van der Waals surface area contributed by atoms with Crippen molar-refractivity contribution in [3.05, 3.63) is 29.1 Å². The summed E-state index contributed by atoms with van der Waals surface area (Å²) in [5.41, 5.74) is 0.877. The molecule has 3 rings (SSSR count). The van der Waals surface area contributed by atoms with Crippen LogP contribution in [0.5, 0.6) is 0 Å². The van der Waals surface area contributed by atoms with Crippen molar-refractivity contribution in [2.75, 3.05) is 25.0 Å². The molecular weight excluding hydrogens is 363 g/mol.